The Morgan fingerprint density at radius 2 is 2.41 bits per heavy atom. The van der Waals surface area contributed by atoms with Crippen molar-refractivity contribution in [1.29, 1.82) is 0 Å². The van der Waals surface area contributed by atoms with E-state index in [4.69, 9.17) is 9.63 Å². The van der Waals surface area contributed by atoms with Gasteiger partial charge in [-0.1, -0.05) is 12.1 Å². The molecule has 0 amide bonds. The highest BCUT2D eigenvalue weighted by molar-refractivity contribution is 4.87. The molecule has 96 valence electrons. The van der Waals surface area contributed by atoms with Crippen LogP contribution in [0.4, 0.5) is 0 Å². The van der Waals surface area contributed by atoms with Crippen LogP contribution in [0.25, 0.3) is 0 Å². The van der Waals surface area contributed by atoms with Gasteiger partial charge in [-0.2, -0.15) is 4.98 Å². The average molecular weight is 239 g/mol. The smallest absolute Gasteiger partial charge is 0.226 e. The van der Waals surface area contributed by atoms with Crippen molar-refractivity contribution >= 4 is 0 Å². The van der Waals surface area contributed by atoms with Crippen LogP contribution in [0, 0.1) is 5.92 Å². The van der Waals surface area contributed by atoms with Gasteiger partial charge in [-0.15, -0.1) is 0 Å². The minimum absolute atomic E-state index is 0.292. The Morgan fingerprint density at radius 3 is 3.12 bits per heavy atom. The second-order valence-electron chi connectivity index (χ2n) is 4.71. The number of likely N-dealkylation sites (tertiary alicyclic amines) is 1. The Balaban J connectivity index is 1.85. The Morgan fingerprint density at radius 1 is 1.53 bits per heavy atom. The maximum Gasteiger partial charge on any atom is 0.226 e. The first-order valence-corrected chi connectivity index (χ1v) is 6.46. The number of piperidine rings is 1. The van der Waals surface area contributed by atoms with Gasteiger partial charge >= 0.3 is 0 Å². The van der Waals surface area contributed by atoms with Crippen LogP contribution in [0.1, 0.15) is 37.9 Å². The van der Waals surface area contributed by atoms with Gasteiger partial charge in [0.15, 0.2) is 5.82 Å². The Bertz CT molecular complexity index is 338. The number of nitrogens with zero attached hydrogens (tertiary/aromatic N) is 3. The average Bonchev–Trinajstić information content (AvgIpc) is 2.78. The van der Waals surface area contributed by atoms with Gasteiger partial charge < -0.3 is 9.63 Å². The highest BCUT2D eigenvalue weighted by Crippen LogP contribution is 2.20. The standard InChI is InChI=1S/C12H21N3O2/c1-2-12-13-11(14-17-12)9-15-6-3-4-10(8-15)5-7-16/h10,16H,2-9H2,1H3. The number of aliphatic hydroxyl groups excluding tert-OH is 1. The lowest BCUT2D eigenvalue weighted by Gasteiger charge is -2.31. The quantitative estimate of drug-likeness (QED) is 0.837. The summed E-state index contributed by atoms with van der Waals surface area (Å²) in [5.74, 6) is 2.11. The van der Waals surface area contributed by atoms with Crippen LogP contribution in [0.15, 0.2) is 4.52 Å². The molecule has 1 aromatic heterocycles. The topological polar surface area (TPSA) is 62.4 Å². The zero-order valence-electron chi connectivity index (χ0n) is 10.4. The fourth-order valence-corrected chi connectivity index (χ4v) is 2.41. The van der Waals surface area contributed by atoms with Crippen molar-refractivity contribution < 1.29 is 9.63 Å². The minimum Gasteiger partial charge on any atom is -0.396 e. The maximum atomic E-state index is 8.97. The molecule has 1 saturated heterocycles. The largest absolute Gasteiger partial charge is 0.396 e. The van der Waals surface area contributed by atoms with Crippen molar-refractivity contribution in [2.45, 2.75) is 39.2 Å². The second kappa shape index (κ2) is 6.12. The third kappa shape index (κ3) is 3.51. The molecule has 0 aromatic carbocycles. The van der Waals surface area contributed by atoms with E-state index in [0.29, 0.717) is 18.4 Å². The van der Waals surface area contributed by atoms with E-state index in [2.05, 4.69) is 15.0 Å². The van der Waals surface area contributed by atoms with Crippen LogP contribution in [0.2, 0.25) is 0 Å². The van der Waals surface area contributed by atoms with E-state index >= 15 is 0 Å². The van der Waals surface area contributed by atoms with E-state index in [1.807, 2.05) is 6.92 Å². The molecule has 0 saturated carbocycles. The molecule has 1 aliphatic heterocycles. The summed E-state index contributed by atoms with van der Waals surface area (Å²) in [5.41, 5.74) is 0. The first-order valence-electron chi connectivity index (χ1n) is 6.46. The van der Waals surface area contributed by atoms with Crippen molar-refractivity contribution in [3.05, 3.63) is 11.7 Å². The van der Waals surface area contributed by atoms with E-state index in [1.165, 1.54) is 12.8 Å². The fourth-order valence-electron chi connectivity index (χ4n) is 2.41. The Kier molecular flexibility index (Phi) is 4.50. The molecule has 1 fully saturated rings. The number of aryl methyl sites for hydroxylation is 1. The van der Waals surface area contributed by atoms with Crippen molar-refractivity contribution in [1.82, 2.24) is 15.0 Å². The molecular formula is C12H21N3O2. The molecule has 17 heavy (non-hydrogen) atoms. The maximum absolute atomic E-state index is 8.97. The van der Waals surface area contributed by atoms with Crippen molar-refractivity contribution in [2.75, 3.05) is 19.7 Å². The Labute approximate surface area is 102 Å². The van der Waals surface area contributed by atoms with Gasteiger partial charge in [-0.05, 0) is 31.7 Å². The van der Waals surface area contributed by atoms with Gasteiger partial charge in [0.25, 0.3) is 0 Å². The second-order valence-corrected chi connectivity index (χ2v) is 4.71. The van der Waals surface area contributed by atoms with E-state index in [1.54, 1.807) is 0 Å². The molecule has 1 aromatic rings. The minimum atomic E-state index is 0.292. The van der Waals surface area contributed by atoms with Gasteiger partial charge in [0.2, 0.25) is 5.89 Å². The van der Waals surface area contributed by atoms with Crippen molar-refractivity contribution in [2.24, 2.45) is 5.92 Å². The molecule has 2 rings (SSSR count). The van der Waals surface area contributed by atoms with E-state index < -0.39 is 0 Å². The molecule has 5 heteroatoms. The summed E-state index contributed by atoms with van der Waals surface area (Å²) in [6, 6.07) is 0. The molecule has 5 nitrogen and oxygen atoms in total. The molecule has 2 heterocycles. The molecule has 1 aliphatic rings. The molecular weight excluding hydrogens is 218 g/mol. The summed E-state index contributed by atoms with van der Waals surface area (Å²) in [4.78, 5) is 6.68. The fraction of sp³-hybridized carbons (Fsp3) is 0.833. The predicted molar refractivity (Wildman–Crippen MR) is 63.4 cm³/mol. The third-order valence-corrected chi connectivity index (χ3v) is 3.32. The highest BCUT2D eigenvalue weighted by Gasteiger charge is 2.20. The van der Waals surface area contributed by atoms with Gasteiger partial charge in [0, 0.05) is 19.6 Å². The van der Waals surface area contributed by atoms with Crippen LogP contribution in [0.3, 0.4) is 0 Å². The first kappa shape index (κ1) is 12.5. The van der Waals surface area contributed by atoms with Crippen LogP contribution >= 0.6 is 0 Å². The normalized spacial score (nSPS) is 21.9. The van der Waals surface area contributed by atoms with E-state index in [9.17, 15) is 0 Å². The summed E-state index contributed by atoms with van der Waals surface area (Å²) in [7, 11) is 0. The summed E-state index contributed by atoms with van der Waals surface area (Å²) in [6.07, 6.45) is 4.12. The van der Waals surface area contributed by atoms with Crippen LogP contribution in [-0.2, 0) is 13.0 Å². The molecule has 1 N–H and O–H groups in total. The van der Waals surface area contributed by atoms with Gasteiger partial charge in [0.05, 0.1) is 6.54 Å². The van der Waals surface area contributed by atoms with Crippen LogP contribution < -0.4 is 0 Å². The lowest BCUT2D eigenvalue weighted by Crippen LogP contribution is -2.35. The number of aliphatic hydroxyl groups is 1. The number of rotatable bonds is 5. The number of aromatic nitrogens is 2. The first-order chi connectivity index (χ1) is 8.31. The molecule has 1 atom stereocenters. The Hall–Kier alpha value is -0.940. The van der Waals surface area contributed by atoms with Crippen LogP contribution in [-0.4, -0.2) is 39.8 Å². The predicted octanol–water partition coefficient (Wildman–Crippen LogP) is 1.23. The zero-order chi connectivity index (χ0) is 12.1. The summed E-state index contributed by atoms with van der Waals surface area (Å²) >= 11 is 0. The van der Waals surface area contributed by atoms with Crippen LogP contribution in [0.5, 0.6) is 0 Å². The van der Waals surface area contributed by atoms with Gasteiger partial charge in [-0.25, -0.2) is 0 Å². The SMILES string of the molecule is CCc1nc(CN2CCCC(CCO)C2)no1. The van der Waals surface area contributed by atoms with E-state index in [-0.39, 0.29) is 0 Å². The third-order valence-electron chi connectivity index (χ3n) is 3.32. The lowest BCUT2D eigenvalue weighted by atomic mass is 9.95. The molecule has 0 bridgehead atoms. The molecule has 0 spiro atoms. The van der Waals surface area contributed by atoms with Crippen molar-refractivity contribution in [3.8, 4) is 0 Å². The zero-order valence-corrected chi connectivity index (χ0v) is 10.4. The van der Waals surface area contributed by atoms with E-state index in [0.717, 1.165) is 38.3 Å². The summed E-state index contributed by atoms with van der Waals surface area (Å²) in [5, 5.41) is 12.9. The number of hydrogen-bond acceptors (Lipinski definition) is 5. The highest BCUT2D eigenvalue weighted by atomic mass is 16.5. The molecule has 0 radical (unpaired) electrons. The summed E-state index contributed by atoms with van der Waals surface area (Å²) < 4.78 is 5.10. The lowest BCUT2D eigenvalue weighted by molar-refractivity contribution is 0.139. The van der Waals surface area contributed by atoms with Crippen molar-refractivity contribution in [3.63, 3.8) is 0 Å². The summed E-state index contributed by atoms with van der Waals surface area (Å²) in [6.45, 7) is 5.20. The van der Waals surface area contributed by atoms with Gasteiger partial charge in [-0.3, -0.25) is 4.90 Å². The molecule has 1 unspecified atom stereocenters. The van der Waals surface area contributed by atoms with Gasteiger partial charge in [0.1, 0.15) is 0 Å². The molecule has 0 aliphatic carbocycles. The number of hydrogen-bond donors (Lipinski definition) is 1. The monoisotopic (exact) mass is 239 g/mol.